The van der Waals surface area contributed by atoms with E-state index in [0.29, 0.717) is 4.67 Å². The van der Waals surface area contributed by atoms with Crippen molar-refractivity contribution >= 4 is 27.8 Å². The van der Waals surface area contributed by atoms with Crippen LogP contribution in [0.3, 0.4) is 0 Å². The Kier molecular flexibility index (Phi) is 3.90. The fraction of sp³-hybridized carbons (Fsp3) is 0.500. The van der Waals surface area contributed by atoms with Crippen LogP contribution in [0, 0.1) is 5.41 Å². The average molecular weight is 318 g/mol. The molecule has 1 rings (SSSR count). The zero-order valence-corrected chi connectivity index (χ0v) is 12.3. The van der Waals surface area contributed by atoms with Gasteiger partial charge in [0.2, 0.25) is 0 Å². The van der Waals surface area contributed by atoms with E-state index in [1.54, 1.807) is 33.8 Å². The Labute approximate surface area is 114 Å². The molecule has 18 heavy (non-hydrogen) atoms. The molecule has 0 radical (unpaired) electrons. The van der Waals surface area contributed by atoms with Gasteiger partial charge in [0.05, 0.1) is 11.0 Å². The second-order valence-electron chi connectivity index (χ2n) is 5.11. The fourth-order valence-electron chi connectivity index (χ4n) is 1.21. The van der Waals surface area contributed by atoms with Crippen LogP contribution < -0.4 is 5.32 Å². The third-order valence-electron chi connectivity index (χ3n) is 3.32. The van der Waals surface area contributed by atoms with Crippen LogP contribution in [0.2, 0.25) is 0 Å². The summed E-state index contributed by atoms with van der Waals surface area (Å²) in [5, 5.41) is 11.9. The molecule has 0 atom stereocenters. The molecule has 0 aliphatic carbocycles. The minimum absolute atomic E-state index is 0.135. The quantitative estimate of drug-likeness (QED) is 0.894. The highest BCUT2D eigenvalue weighted by Crippen LogP contribution is 2.31. The zero-order chi connectivity index (χ0) is 14.1. The lowest BCUT2D eigenvalue weighted by molar-refractivity contribution is -0.150. The Hall–Kier alpha value is -1.30. The number of hydrogen-bond donors (Lipinski definition) is 2. The molecule has 0 unspecified atom stereocenters. The first-order valence-electron chi connectivity index (χ1n) is 5.39. The van der Waals surface area contributed by atoms with E-state index < -0.39 is 22.8 Å². The van der Waals surface area contributed by atoms with Crippen LogP contribution in [0.5, 0.6) is 0 Å². The van der Waals surface area contributed by atoms with Gasteiger partial charge in [-0.2, -0.15) is 0 Å². The number of nitrogens with one attached hydrogen (secondary N) is 1. The monoisotopic (exact) mass is 317 g/mol. The Morgan fingerprint density at radius 3 is 2.22 bits per heavy atom. The number of carbonyl (C=O) groups excluding carboxylic acids is 1. The standard InChI is InChI=1S/C12H16BrNO4/c1-11(2,10(16)17)12(3,4)14-9(15)7-5-6-8(13)18-7/h5-6H,1-4H3,(H,14,15)(H,16,17). The highest BCUT2D eigenvalue weighted by molar-refractivity contribution is 9.10. The summed E-state index contributed by atoms with van der Waals surface area (Å²) < 4.78 is 5.57. The molecule has 100 valence electrons. The van der Waals surface area contributed by atoms with E-state index in [9.17, 15) is 14.7 Å². The molecule has 0 aliphatic heterocycles. The van der Waals surface area contributed by atoms with Gasteiger partial charge in [-0.05, 0) is 55.8 Å². The second kappa shape index (κ2) is 4.76. The van der Waals surface area contributed by atoms with Gasteiger partial charge in [0, 0.05) is 0 Å². The SMILES string of the molecule is CC(C)(NC(=O)c1ccc(Br)o1)C(C)(C)C(=O)O. The first-order valence-corrected chi connectivity index (χ1v) is 6.18. The third kappa shape index (κ3) is 2.75. The van der Waals surface area contributed by atoms with Crippen molar-refractivity contribution in [3.63, 3.8) is 0 Å². The molecule has 1 aromatic rings. The number of carboxylic acid groups (broad SMARTS) is 1. The summed E-state index contributed by atoms with van der Waals surface area (Å²) >= 11 is 3.10. The van der Waals surface area contributed by atoms with E-state index in [1.807, 2.05) is 0 Å². The van der Waals surface area contributed by atoms with Gasteiger partial charge in [-0.15, -0.1) is 0 Å². The summed E-state index contributed by atoms with van der Waals surface area (Å²) in [4.78, 5) is 23.1. The largest absolute Gasteiger partial charge is 0.481 e. The van der Waals surface area contributed by atoms with Gasteiger partial charge < -0.3 is 14.8 Å². The molecule has 0 aromatic carbocycles. The normalized spacial score (nSPS) is 12.3. The lowest BCUT2D eigenvalue weighted by Crippen LogP contribution is -2.56. The molecule has 1 heterocycles. The van der Waals surface area contributed by atoms with Gasteiger partial charge in [0.1, 0.15) is 0 Å². The lowest BCUT2D eigenvalue weighted by Gasteiger charge is -2.38. The van der Waals surface area contributed by atoms with Gasteiger partial charge in [-0.25, -0.2) is 0 Å². The van der Waals surface area contributed by atoms with Crippen molar-refractivity contribution in [3.05, 3.63) is 22.6 Å². The number of rotatable bonds is 4. The fourth-order valence-corrected chi connectivity index (χ4v) is 1.51. The molecule has 0 saturated heterocycles. The van der Waals surface area contributed by atoms with E-state index in [-0.39, 0.29) is 5.76 Å². The van der Waals surface area contributed by atoms with Crippen molar-refractivity contribution in [2.24, 2.45) is 5.41 Å². The molecule has 0 saturated carbocycles. The van der Waals surface area contributed by atoms with E-state index in [4.69, 9.17) is 4.42 Å². The highest BCUT2D eigenvalue weighted by Gasteiger charge is 2.44. The average Bonchev–Trinajstić information content (AvgIpc) is 2.63. The minimum Gasteiger partial charge on any atom is -0.481 e. The van der Waals surface area contributed by atoms with Gasteiger partial charge >= 0.3 is 5.97 Å². The zero-order valence-electron chi connectivity index (χ0n) is 10.7. The van der Waals surface area contributed by atoms with Crippen LogP contribution in [0.4, 0.5) is 0 Å². The lowest BCUT2D eigenvalue weighted by atomic mass is 9.74. The number of carbonyl (C=O) groups is 2. The molecule has 0 fully saturated rings. The summed E-state index contributed by atoms with van der Waals surface area (Å²) in [5.74, 6) is -1.29. The van der Waals surface area contributed by atoms with Crippen molar-refractivity contribution in [1.82, 2.24) is 5.32 Å². The molecular weight excluding hydrogens is 302 g/mol. The van der Waals surface area contributed by atoms with Gasteiger partial charge in [0.25, 0.3) is 5.91 Å². The number of halogens is 1. The summed E-state index contributed by atoms with van der Waals surface area (Å²) in [5.41, 5.74) is -2.03. The number of hydrogen-bond acceptors (Lipinski definition) is 3. The van der Waals surface area contributed by atoms with Crippen LogP contribution in [0.25, 0.3) is 0 Å². The highest BCUT2D eigenvalue weighted by atomic mass is 79.9. The van der Waals surface area contributed by atoms with Crippen LogP contribution in [0.15, 0.2) is 21.2 Å². The topological polar surface area (TPSA) is 79.5 Å². The maximum absolute atomic E-state index is 11.9. The third-order valence-corrected chi connectivity index (χ3v) is 3.75. The molecule has 0 spiro atoms. The molecule has 0 aliphatic rings. The smallest absolute Gasteiger partial charge is 0.311 e. The predicted molar refractivity (Wildman–Crippen MR) is 69.4 cm³/mol. The number of furan rings is 1. The van der Waals surface area contributed by atoms with Crippen molar-refractivity contribution in [1.29, 1.82) is 0 Å². The van der Waals surface area contributed by atoms with Gasteiger partial charge in [-0.3, -0.25) is 9.59 Å². The Morgan fingerprint density at radius 1 is 1.28 bits per heavy atom. The Balaban J connectivity index is 2.90. The maximum atomic E-state index is 11.9. The van der Waals surface area contributed by atoms with E-state index >= 15 is 0 Å². The summed E-state index contributed by atoms with van der Waals surface area (Å²) in [6.07, 6.45) is 0. The molecule has 2 N–H and O–H groups in total. The first-order chi connectivity index (χ1) is 8.08. The van der Waals surface area contributed by atoms with Crippen LogP contribution >= 0.6 is 15.9 Å². The second-order valence-corrected chi connectivity index (χ2v) is 5.89. The first kappa shape index (κ1) is 14.8. The molecule has 6 heteroatoms. The molecule has 5 nitrogen and oxygen atoms in total. The molecule has 1 amide bonds. The molecule has 0 bridgehead atoms. The molecule has 1 aromatic heterocycles. The van der Waals surface area contributed by atoms with Crippen LogP contribution in [0.1, 0.15) is 38.2 Å². The Bertz CT molecular complexity index is 476. The van der Waals surface area contributed by atoms with Crippen LogP contribution in [-0.2, 0) is 4.79 Å². The predicted octanol–water partition coefficient (Wildman–Crippen LogP) is 2.66. The van der Waals surface area contributed by atoms with E-state index in [2.05, 4.69) is 21.2 Å². The van der Waals surface area contributed by atoms with Crippen molar-refractivity contribution < 1.29 is 19.1 Å². The molecular formula is C12H16BrNO4. The Morgan fingerprint density at radius 2 is 1.83 bits per heavy atom. The minimum atomic E-state index is -1.10. The van der Waals surface area contributed by atoms with Crippen LogP contribution in [-0.4, -0.2) is 22.5 Å². The number of carboxylic acids is 1. The number of aliphatic carboxylic acids is 1. The maximum Gasteiger partial charge on any atom is 0.311 e. The number of amides is 1. The van der Waals surface area contributed by atoms with Crippen molar-refractivity contribution in [2.75, 3.05) is 0 Å². The van der Waals surface area contributed by atoms with Crippen molar-refractivity contribution in [2.45, 2.75) is 33.2 Å². The van der Waals surface area contributed by atoms with E-state index in [0.717, 1.165) is 0 Å². The summed E-state index contributed by atoms with van der Waals surface area (Å²) in [7, 11) is 0. The summed E-state index contributed by atoms with van der Waals surface area (Å²) in [6, 6.07) is 3.12. The van der Waals surface area contributed by atoms with Crippen molar-refractivity contribution in [3.8, 4) is 0 Å². The summed E-state index contributed by atoms with van der Waals surface area (Å²) in [6.45, 7) is 6.45. The van der Waals surface area contributed by atoms with Gasteiger partial charge in [-0.1, -0.05) is 0 Å². The van der Waals surface area contributed by atoms with Gasteiger partial charge in [0.15, 0.2) is 10.4 Å². The van der Waals surface area contributed by atoms with E-state index in [1.165, 1.54) is 6.07 Å².